The molecular formula is C13H12O. The van der Waals surface area contributed by atoms with Crippen LogP contribution < -0.4 is 0 Å². The summed E-state index contributed by atoms with van der Waals surface area (Å²) in [4.78, 5) is 0. The molecule has 0 saturated carbocycles. The number of terminal acetylenes is 2. The molecule has 0 aliphatic rings. The zero-order chi connectivity index (χ0) is 10.6. The average molecular weight is 184 g/mol. The lowest BCUT2D eigenvalue weighted by Crippen LogP contribution is -1.97. The Bertz CT molecular complexity index is 307. The Kier molecular flexibility index (Phi) is 8.09. The third-order valence-corrected chi connectivity index (χ3v) is 1.27. The van der Waals surface area contributed by atoms with Crippen molar-refractivity contribution in [3.63, 3.8) is 0 Å². The van der Waals surface area contributed by atoms with Gasteiger partial charge in [0.15, 0.2) is 6.10 Å². The molecule has 0 saturated heterocycles. The lowest BCUT2D eigenvalue weighted by molar-refractivity contribution is 0.289. The molecule has 1 heteroatoms. The fourth-order valence-electron chi connectivity index (χ4n) is 0.643. The number of aliphatic hydroxyl groups is 1. The third kappa shape index (κ3) is 8.30. The van der Waals surface area contributed by atoms with Gasteiger partial charge in [0.25, 0.3) is 0 Å². The van der Waals surface area contributed by atoms with Crippen molar-refractivity contribution in [1.82, 2.24) is 0 Å². The smallest absolute Gasteiger partial charge is 0.176 e. The molecule has 0 spiro atoms. The van der Waals surface area contributed by atoms with E-state index < -0.39 is 6.10 Å². The van der Waals surface area contributed by atoms with Gasteiger partial charge < -0.3 is 5.11 Å². The minimum Gasteiger partial charge on any atom is -0.369 e. The number of unbranched alkanes of at least 4 members (excludes halogenated alkanes) is 2. The molecule has 0 unspecified atom stereocenters. The average Bonchev–Trinajstić information content (AvgIpc) is 2.19. The molecule has 0 atom stereocenters. The molecule has 0 aromatic heterocycles. The van der Waals surface area contributed by atoms with Gasteiger partial charge in [-0.2, -0.15) is 0 Å². The van der Waals surface area contributed by atoms with Crippen LogP contribution in [0, 0.1) is 48.4 Å². The van der Waals surface area contributed by atoms with Crippen LogP contribution in [0.4, 0.5) is 0 Å². The van der Waals surface area contributed by atoms with E-state index in [4.69, 9.17) is 12.8 Å². The molecular weight excluding hydrogens is 172 g/mol. The largest absolute Gasteiger partial charge is 0.369 e. The van der Waals surface area contributed by atoms with E-state index in [-0.39, 0.29) is 0 Å². The highest BCUT2D eigenvalue weighted by atomic mass is 16.3. The van der Waals surface area contributed by atoms with Gasteiger partial charge in [-0.05, 0) is 0 Å². The zero-order valence-electron chi connectivity index (χ0n) is 8.01. The van der Waals surface area contributed by atoms with Crippen LogP contribution in [0.1, 0.15) is 25.7 Å². The molecule has 0 bridgehead atoms. The Morgan fingerprint density at radius 1 is 0.857 bits per heavy atom. The predicted octanol–water partition coefficient (Wildman–Crippen LogP) is 1.18. The van der Waals surface area contributed by atoms with Crippen LogP contribution in [0.2, 0.25) is 0 Å². The molecule has 0 heterocycles. The predicted molar refractivity (Wildman–Crippen MR) is 57.7 cm³/mol. The first-order valence-electron chi connectivity index (χ1n) is 4.33. The Hall–Kier alpha value is -1.80. The standard InChI is InChI=1S/C13H12O/c1-3-5-7-9-11-13(14)12-10-8-6-4-2/h1-2,13-14H,5-8H2. The summed E-state index contributed by atoms with van der Waals surface area (Å²) in [6.45, 7) is 0. The Morgan fingerprint density at radius 3 is 1.64 bits per heavy atom. The first-order chi connectivity index (χ1) is 6.81. The molecule has 0 aromatic carbocycles. The van der Waals surface area contributed by atoms with Crippen molar-refractivity contribution in [2.75, 3.05) is 0 Å². The molecule has 0 aromatic rings. The van der Waals surface area contributed by atoms with Gasteiger partial charge in [-0.15, -0.1) is 24.7 Å². The van der Waals surface area contributed by atoms with Crippen LogP contribution in [0.3, 0.4) is 0 Å². The SMILES string of the molecule is C#CCCC#CC(O)C#CCCC#C. The van der Waals surface area contributed by atoms with Crippen LogP contribution in [0.25, 0.3) is 0 Å². The lowest BCUT2D eigenvalue weighted by atomic mass is 10.2. The Balaban J connectivity index is 3.76. The number of rotatable bonds is 2. The maximum absolute atomic E-state index is 9.20. The number of hydrogen-bond acceptors (Lipinski definition) is 1. The van der Waals surface area contributed by atoms with E-state index in [0.717, 1.165) is 0 Å². The van der Waals surface area contributed by atoms with Crippen molar-refractivity contribution in [1.29, 1.82) is 0 Å². The highest BCUT2D eigenvalue weighted by Gasteiger charge is 1.87. The van der Waals surface area contributed by atoms with Crippen molar-refractivity contribution in [3.05, 3.63) is 0 Å². The lowest BCUT2D eigenvalue weighted by Gasteiger charge is -1.88. The van der Waals surface area contributed by atoms with E-state index in [1.54, 1.807) is 0 Å². The van der Waals surface area contributed by atoms with Gasteiger partial charge in [-0.25, -0.2) is 0 Å². The first kappa shape index (κ1) is 12.2. The summed E-state index contributed by atoms with van der Waals surface area (Å²) in [6, 6.07) is 0. The summed E-state index contributed by atoms with van der Waals surface area (Å²) in [5.41, 5.74) is 0. The topological polar surface area (TPSA) is 20.2 Å². The van der Waals surface area contributed by atoms with Crippen molar-refractivity contribution in [3.8, 4) is 48.4 Å². The first-order valence-corrected chi connectivity index (χ1v) is 4.33. The van der Waals surface area contributed by atoms with E-state index >= 15 is 0 Å². The quantitative estimate of drug-likeness (QED) is 0.504. The van der Waals surface area contributed by atoms with E-state index in [0.29, 0.717) is 25.7 Å². The van der Waals surface area contributed by atoms with Gasteiger partial charge in [0.05, 0.1) is 0 Å². The molecule has 0 amide bonds. The number of aliphatic hydroxyl groups excluding tert-OH is 1. The van der Waals surface area contributed by atoms with Crippen molar-refractivity contribution in [2.45, 2.75) is 31.8 Å². The van der Waals surface area contributed by atoms with E-state index in [1.165, 1.54) is 0 Å². The molecule has 0 aliphatic heterocycles. The molecule has 70 valence electrons. The summed E-state index contributed by atoms with van der Waals surface area (Å²) in [5, 5.41) is 9.20. The fraction of sp³-hybridized carbons (Fsp3) is 0.385. The molecule has 0 rings (SSSR count). The van der Waals surface area contributed by atoms with Crippen LogP contribution in [-0.2, 0) is 0 Å². The van der Waals surface area contributed by atoms with Crippen LogP contribution in [0.15, 0.2) is 0 Å². The van der Waals surface area contributed by atoms with Gasteiger partial charge in [0, 0.05) is 25.7 Å². The van der Waals surface area contributed by atoms with Crippen LogP contribution >= 0.6 is 0 Å². The monoisotopic (exact) mass is 184 g/mol. The molecule has 14 heavy (non-hydrogen) atoms. The normalized spacial score (nSPS) is 7.43. The second kappa shape index (κ2) is 9.29. The molecule has 0 aliphatic carbocycles. The van der Waals surface area contributed by atoms with E-state index in [1.807, 2.05) is 0 Å². The molecule has 1 N–H and O–H groups in total. The van der Waals surface area contributed by atoms with Crippen molar-refractivity contribution >= 4 is 0 Å². The minimum atomic E-state index is -0.884. The van der Waals surface area contributed by atoms with E-state index in [2.05, 4.69) is 35.5 Å². The van der Waals surface area contributed by atoms with Crippen LogP contribution in [-0.4, -0.2) is 11.2 Å². The molecule has 0 radical (unpaired) electrons. The summed E-state index contributed by atoms with van der Waals surface area (Å²) in [5.74, 6) is 15.6. The van der Waals surface area contributed by atoms with Gasteiger partial charge in [-0.3, -0.25) is 0 Å². The number of hydrogen-bond donors (Lipinski definition) is 1. The van der Waals surface area contributed by atoms with Gasteiger partial charge in [0.2, 0.25) is 0 Å². The summed E-state index contributed by atoms with van der Waals surface area (Å²) >= 11 is 0. The summed E-state index contributed by atoms with van der Waals surface area (Å²) in [6.07, 6.45) is 11.6. The highest BCUT2D eigenvalue weighted by Crippen LogP contribution is 1.85. The van der Waals surface area contributed by atoms with Crippen LogP contribution in [0.5, 0.6) is 0 Å². The molecule has 1 nitrogen and oxygen atoms in total. The van der Waals surface area contributed by atoms with Gasteiger partial charge in [-0.1, -0.05) is 23.7 Å². The molecule has 0 fully saturated rings. The maximum atomic E-state index is 9.20. The maximum Gasteiger partial charge on any atom is 0.176 e. The van der Waals surface area contributed by atoms with Gasteiger partial charge in [0.1, 0.15) is 0 Å². The highest BCUT2D eigenvalue weighted by molar-refractivity contribution is 5.19. The van der Waals surface area contributed by atoms with Gasteiger partial charge >= 0.3 is 0 Å². The zero-order valence-corrected chi connectivity index (χ0v) is 8.01. The van der Waals surface area contributed by atoms with Crippen molar-refractivity contribution < 1.29 is 5.11 Å². The second-order valence-electron chi connectivity index (χ2n) is 2.45. The summed E-state index contributed by atoms with van der Waals surface area (Å²) in [7, 11) is 0. The minimum absolute atomic E-state index is 0.597. The van der Waals surface area contributed by atoms with Crippen molar-refractivity contribution in [2.24, 2.45) is 0 Å². The third-order valence-electron chi connectivity index (χ3n) is 1.27. The second-order valence-corrected chi connectivity index (χ2v) is 2.45. The van der Waals surface area contributed by atoms with E-state index in [9.17, 15) is 5.11 Å². The fourth-order valence-corrected chi connectivity index (χ4v) is 0.643. The Morgan fingerprint density at radius 2 is 1.29 bits per heavy atom. The Labute approximate surface area is 85.9 Å². The summed E-state index contributed by atoms with van der Waals surface area (Å²) < 4.78 is 0.